The van der Waals surface area contributed by atoms with Gasteiger partial charge in [-0.2, -0.15) is 0 Å². The topological polar surface area (TPSA) is 38.0 Å². The maximum atomic E-state index is 5.44. The predicted octanol–water partition coefficient (Wildman–Crippen LogP) is 2.63. The summed E-state index contributed by atoms with van der Waals surface area (Å²) in [5.41, 5.74) is 8.22. The van der Waals surface area contributed by atoms with Crippen LogP contribution in [0.15, 0.2) is 22.7 Å². The molecule has 0 aliphatic rings. The van der Waals surface area contributed by atoms with Gasteiger partial charge in [-0.3, -0.25) is 0 Å². The van der Waals surface area contributed by atoms with E-state index in [2.05, 4.69) is 46.4 Å². The second-order valence-electron chi connectivity index (χ2n) is 4.07. The molecule has 0 unspecified atom stereocenters. The number of aryl methyl sites for hydroxylation is 1. The summed E-state index contributed by atoms with van der Waals surface area (Å²) >= 11 is 3.51. The van der Waals surface area contributed by atoms with Crippen LogP contribution < -0.4 is 11.1 Å². The van der Waals surface area contributed by atoms with Crippen molar-refractivity contribution in [1.82, 2.24) is 5.32 Å². The number of nitrogens with two attached hydrogens (primary N) is 1. The van der Waals surface area contributed by atoms with Gasteiger partial charge in [0.25, 0.3) is 0 Å². The highest BCUT2D eigenvalue weighted by atomic mass is 79.9. The van der Waals surface area contributed by atoms with E-state index in [4.69, 9.17) is 5.73 Å². The van der Waals surface area contributed by atoms with Crippen molar-refractivity contribution in [2.24, 2.45) is 5.73 Å². The molecule has 1 aromatic rings. The minimum absolute atomic E-state index is 0.798. The Morgan fingerprint density at radius 1 is 1.25 bits per heavy atom. The first-order chi connectivity index (χ1) is 7.74. The van der Waals surface area contributed by atoms with Crippen molar-refractivity contribution >= 4 is 15.9 Å². The van der Waals surface area contributed by atoms with Gasteiger partial charge in [0.15, 0.2) is 0 Å². The van der Waals surface area contributed by atoms with E-state index in [1.165, 1.54) is 17.5 Å². The van der Waals surface area contributed by atoms with Gasteiger partial charge in [-0.05, 0) is 69.1 Å². The standard InChI is InChI=1S/C13H21BrN2/c1-11-4-5-13(14)10-12(11)6-9-16-8-3-2-7-15/h4-5,10,16H,2-3,6-9,15H2,1H3. The molecule has 0 aliphatic heterocycles. The molecule has 0 heterocycles. The number of benzene rings is 1. The Bertz CT molecular complexity index is 313. The average Bonchev–Trinajstić information content (AvgIpc) is 2.28. The van der Waals surface area contributed by atoms with Crippen LogP contribution in [-0.4, -0.2) is 19.6 Å². The highest BCUT2D eigenvalue weighted by Crippen LogP contribution is 2.16. The van der Waals surface area contributed by atoms with Crippen molar-refractivity contribution in [3.8, 4) is 0 Å². The number of hydrogen-bond acceptors (Lipinski definition) is 2. The number of halogens is 1. The Morgan fingerprint density at radius 3 is 2.81 bits per heavy atom. The molecule has 16 heavy (non-hydrogen) atoms. The van der Waals surface area contributed by atoms with E-state index < -0.39 is 0 Å². The molecule has 90 valence electrons. The molecular formula is C13H21BrN2. The largest absolute Gasteiger partial charge is 0.330 e. The molecule has 0 bridgehead atoms. The monoisotopic (exact) mass is 284 g/mol. The highest BCUT2D eigenvalue weighted by molar-refractivity contribution is 9.10. The van der Waals surface area contributed by atoms with E-state index in [1.807, 2.05) is 0 Å². The van der Waals surface area contributed by atoms with Crippen LogP contribution in [0.1, 0.15) is 24.0 Å². The maximum Gasteiger partial charge on any atom is 0.0178 e. The van der Waals surface area contributed by atoms with Crippen molar-refractivity contribution in [3.63, 3.8) is 0 Å². The zero-order chi connectivity index (χ0) is 11.8. The first-order valence-corrected chi connectivity index (χ1v) is 6.69. The lowest BCUT2D eigenvalue weighted by Crippen LogP contribution is -2.19. The van der Waals surface area contributed by atoms with Gasteiger partial charge in [0, 0.05) is 4.47 Å². The number of rotatable bonds is 7. The summed E-state index contributed by atoms with van der Waals surface area (Å²) in [6.07, 6.45) is 3.38. The summed E-state index contributed by atoms with van der Waals surface area (Å²) in [6.45, 7) is 5.08. The first-order valence-electron chi connectivity index (χ1n) is 5.90. The second-order valence-corrected chi connectivity index (χ2v) is 4.98. The van der Waals surface area contributed by atoms with Crippen LogP contribution in [0.2, 0.25) is 0 Å². The zero-order valence-corrected chi connectivity index (χ0v) is 11.5. The lowest BCUT2D eigenvalue weighted by atomic mass is 10.1. The van der Waals surface area contributed by atoms with Gasteiger partial charge in [-0.15, -0.1) is 0 Å². The Kier molecular flexibility index (Phi) is 6.69. The van der Waals surface area contributed by atoms with Crippen LogP contribution in [0.5, 0.6) is 0 Å². The summed E-state index contributed by atoms with van der Waals surface area (Å²) in [5, 5.41) is 3.44. The van der Waals surface area contributed by atoms with Gasteiger partial charge in [-0.25, -0.2) is 0 Å². The molecule has 3 N–H and O–H groups in total. The Morgan fingerprint density at radius 2 is 2.06 bits per heavy atom. The molecule has 1 rings (SSSR count). The van der Waals surface area contributed by atoms with Crippen LogP contribution in [0.25, 0.3) is 0 Å². The van der Waals surface area contributed by atoms with E-state index in [-0.39, 0.29) is 0 Å². The van der Waals surface area contributed by atoms with Crippen LogP contribution in [0, 0.1) is 6.92 Å². The van der Waals surface area contributed by atoms with Gasteiger partial charge in [-0.1, -0.05) is 22.0 Å². The first kappa shape index (κ1) is 13.7. The summed E-state index contributed by atoms with van der Waals surface area (Å²) < 4.78 is 1.16. The normalized spacial score (nSPS) is 10.7. The quantitative estimate of drug-likeness (QED) is 0.756. The fourth-order valence-electron chi connectivity index (χ4n) is 1.65. The van der Waals surface area contributed by atoms with Gasteiger partial charge in [0.1, 0.15) is 0 Å². The molecule has 3 heteroatoms. The Labute approximate surface area is 107 Å². The third-order valence-electron chi connectivity index (χ3n) is 2.69. The number of nitrogens with one attached hydrogen (secondary N) is 1. The molecule has 0 saturated carbocycles. The molecular weight excluding hydrogens is 264 g/mol. The zero-order valence-electron chi connectivity index (χ0n) is 9.93. The summed E-state index contributed by atoms with van der Waals surface area (Å²) in [6, 6.07) is 6.46. The second kappa shape index (κ2) is 7.82. The molecule has 0 spiro atoms. The molecule has 0 radical (unpaired) electrons. The van der Waals surface area contributed by atoms with Crippen LogP contribution >= 0.6 is 15.9 Å². The molecule has 1 aromatic carbocycles. The van der Waals surface area contributed by atoms with E-state index in [1.54, 1.807) is 0 Å². The third-order valence-corrected chi connectivity index (χ3v) is 3.18. The maximum absolute atomic E-state index is 5.44. The van der Waals surface area contributed by atoms with Crippen molar-refractivity contribution in [2.45, 2.75) is 26.2 Å². The molecule has 0 saturated heterocycles. The average molecular weight is 285 g/mol. The lowest BCUT2D eigenvalue weighted by Gasteiger charge is -2.07. The molecule has 0 fully saturated rings. The van der Waals surface area contributed by atoms with Crippen molar-refractivity contribution in [3.05, 3.63) is 33.8 Å². The fraction of sp³-hybridized carbons (Fsp3) is 0.538. The number of hydrogen-bond donors (Lipinski definition) is 2. The molecule has 0 aromatic heterocycles. The summed E-state index contributed by atoms with van der Waals surface area (Å²) in [4.78, 5) is 0. The smallest absolute Gasteiger partial charge is 0.0178 e. The van der Waals surface area contributed by atoms with Crippen LogP contribution in [0.3, 0.4) is 0 Å². The van der Waals surface area contributed by atoms with Gasteiger partial charge < -0.3 is 11.1 Å². The van der Waals surface area contributed by atoms with Crippen molar-refractivity contribution < 1.29 is 0 Å². The van der Waals surface area contributed by atoms with Gasteiger partial charge >= 0.3 is 0 Å². The van der Waals surface area contributed by atoms with Gasteiger partial charge in [0.2, 0.25) is 0 Å². The highest BCUT2D eigenvalue weighted by Gasteiger charge is 1.98. The lowest BCUT2D eigenvalue weighted by molar-refractivity contribution is 0.626. The predicted molar refractivity (Wildman–Crippen MR) is 73.7 cm³/mol. The van der Waals surface area contributed by atoms with Crippen LogP contribution in [0.4, 0.5) is 0 Å². The molecule has 0 aliphatic carbocycles. The minimum Gasteiger partial charge on any atom is -0.330 e. The Balaban J connectivity index is 2.23. The van der Waals surface area contributed by atoms with Crippen molar-refractivity contribution in [2.75, 3.05) is 19.6 Å². The number of unbranched alkanes of at least 4 members (excludes halogenated alkanes) is 1. The van der Waals surface area contributed by atoms with E-state index >= 15 is 0 Å². The Hall–Kier alpha value is -0.380. The molecule has 0 amide bonds. The van der Waals surface area contributed by atoms with E-state index in [0.29, 0.717) is 0 Å². The molecule has 2 nitrogen and oxygen atoms in total. The summed E-state index contributed by atoms with van der Waals surface area (Å²) in [7, 11) is 0. The van der Waals surface area contributed by atoms with Crippen LogP contribution in [-0.2, 0) is 6.42 Å². The van der Waals surface area contributed by atoms with E-state index in [9.17, 15) is 0 Å². The van der Waals surface area contributed by atoms with Crippen molar-refractivity contribution in [1.29, 1.82) is 0 Å². The minimum atomic E-state index is 0.798. The fourth-order valence-corrected chi connectivity index (χ4v) is 2.06. The SMILES string of the molecule is Cc1ccc(Br)cc1CCNCCCCN. The summed E-state index contributed by atoms with van der Waals surface area (Å²) in [5.74, 6) is 0. The third kappa shape index (κ3) is 5.10. The van der Waals surface area contributed by atoms with Gasteiger partial charge in [0.05, 0.1) is 0 Å². The van der Waals surface area contributed by atoms with E-state index in [0.717, 1.165) is 36.9 Å². The molecule has 0 atom stereocenters.